The minimum absolute atomic E-state index is 0.0157. The molecule has 1 aliphatic heterocycles. The largest absolute Gasteiger partial charge is 0.504 e. The third kappa shape index (κ3) is 4.65. The van der Waals surface area contributed by atoms with Gasteiger partial charge in [0.25, 0.3) is 15.9 Å². The summed E-state index contributed by atoms with van der Waals surface area (Å²) in [4.78, 5) is 14.4. The molecular weight excluding hydrogens is 480 g/mol. The van der Waals surface area contributed by atoms with Crippen LogP contribution in [-0.4, -0.2) is 43.2 Å². The van der Waals surface area contributed by atoms with Crippen molar-refractivity contribution in [3.8, 4) is 11.5 Å². The molecule has 0 spiro atoms. The highest BCUT2D eigenvalue weighted by atomic mass is 79.9. The number of ether oxygens (including phenoxy) is 1. The normalized spacial score (nSPS) is 17.3. The van der Waals surface area contributed by atoms with Gasteiger partial charge in [-0.05, 0) is 66.7 Å². The fourth-order valence-corrected chi connectivity index (χ4v) is 5.06. The van der Waals surface area contributed by atoms with Crippen molar-refractivity contribution < 1.29 is 23.1 Å². The molecule has 0 aliphatic carbocycles. The van der Waals surface area contributed by atoms with E-state index < -0.39 is 10.0 Å². The summed E-state index contributed by atoms with van der Waals surface area (Å²) in [5.41, 5.74) is 0.628. The smallest absolute Gasteiger partial charge is 0.284 e. The number of methoxy groups -OCH3 is 1. The maximum atomic E-state index is 12.7. The predicted molar refractivity (Wildman–Crippen MR) is 116 cm³/mol. The number of aromatic hydroxyl groups is 1. The minimum atomic E-state index is -3.97. The Morgan fingerprint density at radius 3 is 2.55 bits per heavy atom. The van der Waals surface area contributed by atoms with Gasteiger partial charge in [-0.1, -0.05) is 22.0 Å². The molecule has 3 rings (SSSR count). The molecule has 0 saturated carbocycles. The molecule has 10 heteroatoms. The number of phenolic OH excluding ortho intramolecular Hbond substituents is 1. The van der Waals surface area contributed by atoms with E-state index >= 15 is 0 Å². The SMILES string of the molecule is CCN1C(=O)C(=Cc2ccc(O)c(OC)c2)SC1=NS(=O)(=O)c1ccc(Br)cc1. The highest BCUT2D eigenvalue weighted by Gasteiger charge is 2.34. The predicted octanol–water partition coefficient (Wildman–Crippen LogP) is 3.84. The second kappa shape index (κ2) is 8.60. The van der Waals surface area contributed by atoms with Crippen LogP contribution in [0.1, 0.15) is 12.5 Å². The van der Waals surface area contributed by atoms with Crippen LogP contribution in [0.5, 0.6) is 11.5 Å². The number of carbonyl (C=O) groups excluding carboxylic acids is 1. The number of amidine groups is 1. The Bertz CT molecular complexity index is 1110. The van der Waals surface area contributed by atoms with E-state index in [4.69, 9.17) is 4.74 Å². The van der Waals surface area contributed by atoms with Crippen LogP contribution in [0, 0.1) is 0 Å². The average molecular weight is 497 g/mol. The zero-order valence-corrected chi connectivity index (χ0v) is 18.7. The Hall–Kier alpha value is -2.30. The van der Waals surface area contributed by atoms with Crippen LogP contribution in [0.15, 0.2) is 61.1 Å². The lowest BCUT2D eigenvalue weighted by Gasteiger charge is -2.11. The van der Waals surface area contributed by atoms with Crippen molar-refractivity contribution in [2.24, 2.45) is 4.40 Å². The first-order valence-corrected chi connectivity index (χ1v) is 11.5. The van der Waals surface area contributed by atoms with Gasteiger partial charge in [-0.2, -0.15) is 8.42 Å². The van der Waals surface area contributed by atoms with Gasteiger partial charge in [0.05, 0.1) is 16.9 Å². The van der Waals surface area contributed by atoms with E-state index in [2.05, 4.69) is 20.3 Å². The number of hydrogen-bond donors (Lipinski definition) is 1. The first-order chi connectivity index (χ1) is 13.7. The molecule has 1 N–H and O–H groups in total. The molecule has 0 unspecified atom stereocenters. The number of hydrogen-bond acceptors (Lipinski definition) is 6. The molecular formula is C19H17BrN2O5S2. The van der Waals surface area contributed by atoms with Crippen LogP contribution in [-0.2, 0) is 14.8 Å². The van der Waals surface area contributed by atoms with Gasteiger partial charge < -0.3 is 9.84 Å². The van der Waals surface area contributed by atoms with Crippen LogP contribution in [0.3, 0.4) is 0 Å². The summed E-state index contributed by atoms with van der Waals surface area (Å²) < 4.78 is 35.0. The zero-order valence-electron chi connectivity index (χ0n) is 15.5. The molecule has 0 aromatic heterocycles. The fraction of sp³-hybridized carbons (Fsp3) is 0.158. The van der Waals surface area contributed by atoms with E-state index in [9.17, 15) is 18.3 Å². The highest BCUT2D eigenvalue weighted by molar-refractivity contribution is 9.10. The monoisotopic (exact) mass is 496 g/mol. The molecule has 2 aromatic carbocycles. The van der Waals surface area contributed by atoms with E-state index in [1.165, 1.54) is 30.2 Å². The van der Waals surface area contributed by atoms with E-state index in [1.54, 1.807) is 37.3 Å². The van der Waals surface area contributed by atoms with Gasteiger partial charge in [0, 0.05) is 11.0 Å². The molecule has 1 saturated heterocycles. The third-order valence-electron chi connectivity index (χ3n) is 4.02. The second-order valence-corrected chi connectivity index (χ2v) is 9.42. The van der Waals surface area contributed by atoms with Gasteiger partial charge in [0.1, 0.15) is 0 Å². The number of benzene rings is 2. The third-order valence-corrected chi connectivity index (χ3v) is 6.95. The van der Waals surface area contributed by atoms with Crippen LogP contribution in [0.2, 0.25) is 0 Å². The molecule has 1 aliphatic rings. The van der Waals surface area contributed by atoms with Crippen molar-refractivity contribution in [3.63, 3.8) is 0 Å². The van der Waals surface area contributed by atoms with Gasteiger partial charge in [0.15, 0.2) is 16.7 Å². The molecule has 1 heterocycles. The average Bonchev–Trinajstić information content (AvgIpc) is 2.97. The van der Waals surface area contributed by atoms with Crippen molar-refractivity contribution in [2.45, 2.75) is 11.8 Å². The maximum absolute atomic E-state index is 12.7. The number of amides is 1. The lowest BCUT2D eigenvalue weighted by Crippen LogP contribution is -2.29. The maximum Gasteiger partial charge on any atom is 0.284 e. The summed E-state index contributed by atoms with van der Waals surface area (Å²) in [6.07, 6.45) is 1.60. The summed E-state index contributed by atoms with van der Waals surface area (Å²) in [5.74, 6) is -0.0822. The van der Waals surface area contributed by atoms with E-state index in [-0.39, 0.29) is 34.0 Å². The number of halogens is 1. The Morgan fingerprint density at radius 1 is 1.24 bits per heavy atom. The number of thioether (sulfide) groups is 1. The Morgan fingerprint density at radius 2 is 1.93 bits per heavy atom. The van der Waals surface area contributed by atoms with Crippen molar-refractivity contribution in [2.75, 3.05) is 13.7 Å². The summed E-state index contributed by atoms with van der Waals surface area (Å²) in [7, 11) is -2.54. The van der Waals surface area contributed by atoms with E-state index in [1.807, 2.05) is 0 Å². The van der Waals surface area contributed by atoms with Crippen LogP contribution < -0.4 is 4.74 Å². The minimum Gasteiger partial charge on any atom is -0.504 e. The molecule has 7 nitrogen and oxygen atoms in total. The zero-order chi connectivity index (χ0) is 21.2. The van der Waals surface area contributed by atoms with Gasteiger partial charge >= 0.3 is 0 Å². The fourth-order valence-electron chi connectivity index (χ4n) is 2.55. The molecule has 1 amide bonds. The molecule has 1 fully saturated rings. The summed E-state index contributed by atoms with van der Waals surface area (Å²) in [6, 6.07) is 10.8. The quantitative estimate of drug-likeness (QED) is 0.631. The summed E-state index contributed by atoms with van der Waals surface area (Å²) in [6.45, 7) is 2.02. The Balaban J connectivity index is 1.96. The highest BCUT2D eigenvalue weighted by Crippen LogP contribution is 2.35. The van der Waals surface area contributed by atoms with E-state index in [0.717, 1.165) is 16.2 Å². The molecule has 2 aromatic rings. The number of phenols is 1. The topological polar surface area (TPSA) is 96.3 Å². The van der Waals surface area contributed by atoms with E-state index in [0.29, 0.717) is 10.5 Å². The molecule has 29 heavy (non-hydrogen) atoms. The van der Waals surface area contributed by atoms with Gasteiger partial charge in [-0.15, -0.1) is 4.40 Å². The van der Waals surface area contributed by atoms with Gasteiger partial charge in [-0.3, -0.25) is 9.69 Å². The van der Waals surface area contributed by atoms with Crippen LogP contribution in [0.4, 0.5) is 0 Å². The Labute approximate surface area is 181 Å². The van der Waals surface area contributed by atoms with Crippen molar-refractivity contribution in [1.29, 1.82) is 0 Å². The number of likely N-dealkylation sites (N-methyl/N-ethyl adjacent to an activating group) is 1. The molecule has 152 valence electrons. The first kappa shape index (κ1) is 21.4. The van der Waals surface area contributed by atoms with Gasteiger partial charge in [-0.25, -0.2) is 0 Å². The molecule has 0 atom stereocenters. The van der Waals surface area contributed by atoms with Crippen LogP contribution >= 0.6 is 27.7 Å². The summed E-state index contributed by atoms with van der Waals surface area (Å²) >= 11 is 4.25. The van der Waals surface area contributed by atoms with Crippen molar-refractivity contribution >= 4 is 54.9 Å². The van der Waals surface area contributed by atoms with Crippen LogP contribution in [0.25, 0.3) is 6.08 Å². The standard InChI is InChI=1S/C19H17BrN2O5S2/c1-3-22-18(24)17(11-12-4-9-15(23)16(10-12)27-2)28-19(22)21-29(25,26)14-7-5-13(20)6-8-14/h4-11,23H,3H2,1-2H3. The second-order valence-electron chi connectivity index (χ2n) is 5.89. The lowest BCUT2D eigenvalue weighted by atomic mass is 10.2. The summed E-state index contributed by atoms with van der Waals surface area (Å²) in [5, 5.41) is 9.80. The number of nitrogens with zero attached hydrogens (tertiary/aromatic N) is 2. The molecule has 0 radical (unpaired) electrons. The number of carbonyl (C=O) groups is 1. The molecule has 0 bridgehead atoms. The number of rotatable bonds is 5. The lowest BCUT2D eigenvalue weighted by molar-refractivity contribution is -0.122. The van der Waals surface area contributed by atoms with Crippen molar-refractivity contribution in [3.05, 3.63) is 57.4 Å². The van der Waals surface area contributed by atoms with Gasteiger partial charge in [0.2, 0.25) is 0 Å². The first-order valence-electron chi connectivity index (χ1n) is 8.44. The Kier molecular flexibility index (Phi) is 6.35. The number of sulfonamides is 1. The van der Waals surface area contributed by atoms with Crippen molar-refractivity contribution in [1.82, 2.24) is 4.90 Å².